The predicted octanol–water partition coefficient (Wildman–Crippen LogP) is 1.55. The molecule has 6 heteroatoms. The molecule has 1 aromatic rings. The number of hydrogen-bond donors (Lipinski definition) is 3. The summed E-state index contributed by atoms with van der Waals surface area (Å²) in [5.74, 6) is 5.32. The van der Waals surface area contributed by atoms with E-state index in [9.17, 15) is 4.79 Å². The normalized spacial score (nSPS) is 12.0. The van der Waals surface area contributed by atoms with Gasteiger partial charge in [-0.2, -0.15) is 0 Å². The van der Waals surface area contributed by atoms with E-state index in [1.54, 1.807) is 12.1 Å². The molecule has 0 fully saturated rings. The van der Waals surface area contributed by atoms with Gasteiger partial charge in [0.05, 0.1) is 5.02 Å². The Labute approximate surface area is 99.4 Å². The molecule has 16 heavy (non-hydrogen) atoms. The maximum absolute atomic E-state index is 11.8. The number of hydrogen-bond acceptors (Lipinski definition) is 4. The summed E-state index contributed by atoms with van der Waals surface area (Å²) in [4.78, 5) is 15.8. The number of nitrogens with two attached hydrogens (primary N) is 1. The minimum Gasteiger partial charge on any atom is -0.348 e. The van der Waals surface area contributed by atoms with Gasteiger partial charge in [-0.05, 0) is 25.5 Å². The molecule has 0 aliphatic rings. The van der Waals surface area contributed by atoms with E-state index >= 15 is 0 Å². The molecule has 0 saturated carbocycles. The molecule has 0 aliphatic heterocycles. The number of pyridine rings is 1. The third kappa shape index (κ3) is 3.08. The molecule has 0 saturated heterocycles. The maximum Gasteiger partial charge on any atom is 0.271 e. The van der Waals surface area contributed by atoms with Crippen molar-refractivity contribution in [1.82, 2.24) is 10.3 Å². The summed E-state index contributed by atoms with van der Waals surface area (Å²) in [6.45, 7) is 3.90. The Hall–Kier alpha value is -1.33. The van der Waals surface area contributed by atoms with Gasteiger partial charge in [0.1, 0.15) is 11.5 Å². The van der Waals surface area contributed by atoms with Crippen LogP contribution in [0.15, 0.2) is 12.1 Å². The van der Waals surface area contributed by atoms with Gasteiger partial charge in [0, 0.05) is 6.04 Å². The summed E-state index contributed by atoms with van der Waals surface area (Å²) < 4.78 is 0. The monoisotopic (exact) mass is 242 g/mol. The number of carbonyl (C=O) groups excluding carboxylic acids is 1. The first-order valence-electron chi connectivity index (χ1n) is 5.02. The number of aromatic nitrogens is 1. The topological polar surface area (TPSA) is 80.0 Å². The number of anilines is 1. The molecule has 0 bridgehead atoms. The Morgan fingerprint density at radius 3 is 2.88 bits per heavy atom. The van der Waals surface area contributed by atoms with Gasteiger partial charge >= 0.3 is 0 Å². The maximum atomic E-state index is 11.8. The Balaban J connectivity index is 2.89. The predicted molar refractivity (Wildman–Crippen MR) is 64.3 cm³/mol. The van der Waals surface area contributed by atoms with Gasteiger partial charge in [0.25, 0.3) is 5.91 Å². The summed E-state index contributed by atoms with van der Waals surface area (Å²) in [5, 5.41) is 3.09. The zero-order valence-corrected chi connectivity index (χ0v) is 10.0. The van der Waals surface area contributed by atoms with Crippen LogP contribution in [-0.4, -0.2) is 16.9 Å². The van der Waals surface area contributed by atoms with E-state index in [1.165, 1.54) is 0 Å². The van der Waals surface area contributed by atoms with Crippen molar-refractivity contribution in [2.45, 2.75) is 26.3 Å². The van der Waals surface area contributed by atoms with Crippen molar-refractivity contribution in [2.24, 2.45) is 5.84 Å². The molecular weight excluding hydrogens is 228 g/mol. The van der Waals surface area contributed by atoms with Crippen LogP contribution in [0.5, 0.6) is 0 Å². The lowest BCUT2D eigenvalue weighted by atomic mass is 10.2. The van der Waals surface area contributed by atoms with Gasteiger partial charge in [-0.3, -0.25) is 4.79 Å². The molecule has 0 spiro atoms. The van der Waals surface area contributed by atoms with E-state index in [1.807, 2.05) is 13.8 Å². The summed E-state index contributed by atoms with van der Waals surface area (Å²) in [6, 6.07) is 3.26. The molecule has 1 amide bonds. The third-order valence-electron chi connectivity index (χ3n) is 2.20. The molecular formula is C10H15ClN4O. The lowest BCUT2D eigenvalue weighted by molar-refractivity contribution is 0.0934. The van der Waals surface area contributed by atoms with E-state index in [4.69, 9.17) is 17.4 Å². The van der Waals surface area contributed by atoms with E-state index in [0.29, 0.717) is 10.8 Å². The number of carbonyl (C=O) groups is 1. The highest BCUT2D eigenvalue weighted by atomic mass is 35.5. The zero-order valence-electron chi connectivity index (χ0n) is 9.25. The van der Waals surface area contributed by atoms with Gasteiger partial charge < -0.3 is 10.7 Å². The Morgan fingerprint density at radius 1 is 1.62 bits per heavy atom. The van der Waals surface area contributed by atoms with Crippen molar-refractivity contribution >= 4 is 23.3 Å². The fourth-order valence-corrected chi connectivity index (χ4v) is 1.27. The molecule has 1 aromatic heterocycles. The van der Waals surface area contributed by atoms with Crippen LogP contribution >= 0.6 is 11.6 Å². The summed E-state index contributed by atoms with van der Waals surface area (Å²) in [7, 11) is 0. The molecule has 0 aromatic carbocycles. The number of nitrogens with one attached hydrogen (secondary N) is 2. The van der Waals surface area contributed by atoms with Crippen molar-refractivity contribution in [3.8, 4) is 0 Å². The zero-order chi connectivity index (χ0) is 12.1. The number of nitrogens with zero attached hydrogens (tertiary/aromatic N) is 1. The van der Waals surface area contributed by atoms with Crippen LogP contribution in [-0.2, 0) is 0 Å². The van der Waals surface area contributed by atoms with Crippen LogP contribution in [0.4, 0.5) is 5.82 Å². The average Bonchev–Trinajstić information content (AvgIpc) is 2.29. The van der Waals surface area contributed by atoms with Crippen LogP contribution in [0.3, 0.4) is 0 Å². The lowest BCUT2D eigenvalue weighted by Gasteiger charge is -2.12. The van der Waals surface area contributed by atoms with Crippen LogP contribution < -0.4 is 16.6 Å². The molecule has 4 N–H and O–H groups in total. The SMILES string of the molecule is CCC(C)NC(=O)c1nc(NN)ccc1Cl. The van der Waals surface area contributed by atoms with E-state index < -0.39 is 0 Å². The number of amides is 1. The van der Waals surface area contributed by atoms with Gasteiger partial charge in [0.15, 0.2) is 0 Å². The van der Waals surface area contributed by atoms with Crippen LogP contribution in [0.2, 0.25) is 5.02 Å². The van der Waals surface area contributed by atoms with Crippen molar-refractivity contribution in [2.75, 3.05) is 5.43 Å². The first-order valence-corrected chi connectivity index (χ1v) is 5.40. The standard InChI is InChI=1S/C10H15ClN4O/c1-3-6(2)13-10(16)9-7(11)4-5-8(14-9)15-12/h4-6H,3,12H2,1-2H3,(H,13,16)(H,14,15). The van der Waals surface area contributed by atoms with Gasteiger partial charge in [0.2, 0.25) is 0 Å². The largest absolute Gasteiger partial charge is 0.348 e. The first kappa shape index (κ1) is 12.7. The molecule has 5 nitrogen and oxygen atoms in total. The number of nitrogen functional groups attached to an aromatic ring is 1. The van der Waals surface area contributed by atoms with Gasteiger partial charge in [-0.15, -0.1) is 0 Å². The molecule has 88 valence electrons. The van der Waals surface area contributed by atoms with E-state index in [2.05, 4.69) is 15.7 Å². The van der Waals surface area contributed by atoms with E-state index in [0.717, 1.165) is 6.42 Å². The summed E-state index contributed by atoms with van der Waals surface area (Å²) in [5.41, 5.74) is 2.55. The molecule has 1 rings (SSSR count). The Morgan fingerprint density at radius 2 is 2.31 bits per heavy atom. The highest BCUT2D eigenvalue weighted by Gasteiger charge is 2.14. The molecule has 0 radical (unpaired) electrons. The van der Waals surface area contributed by atoms with Gasteiger partial charge in [-0.1, -0.05) is 18.5 Å². The minimum absolute atomic E-state index is 0.0832. The average molecular weight is 243 g/mol. The molecule has 0 aliphatic carbocycles. The van der Waals surface area contributed by atoms with Crippen LogP contribution in [0.1, 0.15) is 30.8 Å². The minimum atomic E-state index is -0.295. The van der Waals surface area contributed by atoms with Crippen LogP contribution in [0.25, 0.3) is 0 Å². The molecule has 1 unspecified atom stereocenters. The van der Waals surface area contributed by atoms with Crippen molar-refractivity contribution in [3.63, 3.8) is 0 Å². The second kappa shape index (κ2) is 5.67. The lowest BCUT2D eigenvalue weighted by Crippen LogP contribution is -2.32. The van der Waals surface area contributed by atoms with Crippen molar-refractivity contribution < 1.29 is 4.79 Å². The van der Waals surface area contributed by atoms with E-state index in [-0.39, 0.29) is 17.6 Å². The Kier molecular flexibility index (Phi) is 4.52. The second-order valence-corrected chi connectivity index (χ2v) is 3.86. The summed E-state index contributed by atoms with van der Waals surface area (Å²) in [6.07, 6.45) is 0.845. The van der Waals surface area contributed by atoms with Crippen LogP contribution in [0, 0.1) is 0 Å². The highest BCUT2D eigenvalue weighted by molar-refractivity contribution is 6.33. The quantitative estimate of drug-likeness (QED) is 0.553. The van der Waals surface area contributed by atoms with Crippen molar-refractivity contribution in [1.29, 1.82) is 0 Å². The number of halogens is 1. The second-order valence-electron chi connectivity index (χ2n) is 3.45. The summed E-state index contributed by atoms with van der Waals surface area (Å²) >= 11 is 5.88. The smallest absolute Gasteiger partial charge is 0.271 e. The number of hydrazine groups is 1. The fraction of sp³-hybridized carbons (Fsp3) is 0.400. The highest BCUT2D eigenvalue weighted by Crippen LogP contribution is 2.16. The van der Waals surface area contributed by atoms with Gasteiger partial charge in [-0.25, -0.2) is 10.8 Å². The Bertz CT molecular complexity index is 383. The number of rotatable bonds is 4. The first-order chi connectivity index (χ1) is 7.58. The molecule has 1 heterocycles. The van der Waals surface area contributed by atoms with Crippen molar-refractivity contribution in [3.05, 3.63) is 22.8 Å². The molecule has 1 atom stereocenters. The fourth-order valence-electron chi connectivity index (χ4n) is 1.08. The third-order valence-corrected chi connectivity index (χ3v) is 2.50.